The minimum atomic E-state index is -0.994. The molecule has 0 saturated carbocycles. The first kappa shape index (κ1) is 25.3. The number of aliphatic hydroxyl groups is 1. The molecule has 2 rings (SSSR count). The summed E-state index contributed by atoms with van der Waals surface area (Å²) in [5.41, 5.74) is 0.693. The van der Waals surface area contributed by atoms with Gasteiger partial charge in [-0.15, -0.1) is 24.0 Å². The van der Waals surface area contributed by atoms with Crippen LogP contribution in [-0.2, 0) is 12.1 Å². The maximum atomic E-state index is 10.7. The molecule has 3 N–H and O–H groups in total. The molecule has 0 fully saturated rings. The Balaban J connectivity index is 0.00000420. The number of methoxy groups -OCH3 is 3. The summed E-state index contributed by atoms with van der Waals surface area (Å²) in [5.74, 6) is 2.53. The molecule has 0 radical (unpaired) electrons. The molecule has 2 aromatic rings. The smallest absolute Gasteiger partial charge is 0.191 e. The molecule has 0 aliphatic rings. The third-order valence-electron chi connectivity index (χ3n) is 4.30. The molecular weight excluding hydrogens is 505 g/mol. The van der Waals surface area contributed by atoms with Gasteiger partial charge in [-0.25, -0.2) is 4.99 Å². The van der Waals surface area contributed by atoms with Crippen molar-refractivity contribution in [2.45, 2.75) is 26.0 Å². The van der Waals surface area contributed by atoms with Crippen molar-refractivity contribution in [3.8, 4) is 17.2 Å². The van der Waals surface area contributed by atoms with E-state index >= 15 is 0 Å². The molecule has 0 bridgehead atoms. The number of nitrogens with zero attached hydrogens (tertiary/aromatic N) is 1. The number of benzene rings is 1. The Labute approximate surface area is 193 Å². The average Bonchev–Trinajstić information content (AvgIpc) is 3.25. The van der Waals surface area contributed by atoms with Crippen LogP contribution in [0.5, 0.6) is 17.2 Å². The van der Waals surface area contributed by atoms with Crippen molar-refractivity contribution < 1.29 is 19.3 Å². The van der Waals surface area contributed by atoms with Crippen molar-refractivity contribution in [1.82, 2.24) is 10.6 Å². The second-order valence-electron chi connectivity index (χ2n) is 6.35. The minimum Gasteiger partial charge on any atom is -0.496 e. The highest BCUT2D eigenvalue weighted by molar-refractivity contribution is 14.0. The van der Waals surface area contributed by atoms with Crippen LogP contribution in [0.2, 0.25) is 0 Å². The summed E-state index contributed by atoms with van der Waals surface area (Å²) in [5, 5.41) is 21.0. The first-order valence-electron chi connectivity index (χ1n) is 9.01. The molecule has 9 heteroatoms. The van der Waals surface area contributed by atoms with Gasteiger partial charge < -0.3 is 30.0 Å². The van der Waals surface area contributed by atoms with E-state index in [-0.39, 0.29) is 24.0 Å². The van der Waals surface area contributed by atoms with Crippen molar-refractivity contribution in [3.05, 3.63) is 40.1 Å². The lowest BCUT2D eigenvalue weighted by Gasteiger charge is -2.24. The van der Waals surface area contributed by atoms with E-state index in [0.29, 0.717) is 42.8 Å². The molecule has 162 valence electrons. The van der Waals surface area contributed by atoms with Gasteiger partial charge in [-0.05, 0) is 36.2 Å². The standard InChI is InChI=1S/C20H29N3O4S.HI/c1-6-21-19(23-13-20(2,24)14-7-8-28-12-14)22-11-16-17(26-4)9-15(25-3)10-18(16)27-5;/h7-10,12,24H,6,11,13H2,1-5H3,(H2,21,22,23);1H. The van der Waals surface area contributed by atoms with E-state index < -0.39 is 5.60 Å². The van der Waals surface area contributed by atoms with Gasteiger partial charge in [0.15, 0.2) is 5.96 Å². The summed E-state index contributed by atoms with van der Waals surface area (Å²) < 4.78 is 16.2. The highest BCUT2D eigenvalue weighted by Crippen LogP contribution is 2.34. The van der Waals surface area contributed by atoms with Gasteiger partial charge >= 0.3 is 0 Å². The number of thiophene rings is 1. The summed E-state index contributed by atoms with van der Waals surface area (Å²) in [4.78, 5) is 4.63. The van der Waals surface area contributed by atoms with Crippen LogP contribution in [0.4, 0.5) is 0 Å². The molecule has 1 aromatic carbocycles. The topological polar surface area (TPSA) is 84.3 Å². The van der Waals surface area contributed by atoms with E-state index in [2.05, 4.69) is 15.6 Å². The maximum Gasteiger partial charge on any atom is 0.191 e. The van der Waals surface area contributed by atoms with E-state index in [1.165, 1.54) is 0 Å². The van der Waals surface area contributed by atoms with Gasteiger partial charge in [-0.3, -0.25) is 0 Å². The second kappa shape index (κ2) is 12.1. The van der Waals surface area contributed by atoms with Crippen LogP contribution < -0.4 is 24.8 Å². The molecular formula is C20H30IN3O4S. The fourth-order valence-electron chi connectivity index (χ4n) is 2.66. The Bertz CT molecular complexity index is 757. The molecule has 0 aliphatic carbocycles. The monoisotopic (exact) mass is 535 g/mol. The Morgan fingerprint density at radius 1 is 1.14 bits per heavy atom. The Kier molecular flexibility index (Phi) is 10.5. The third kappa shape index (κ3) is 6.93. The zero-order valence-electron chi connectivity index (χ0n) is 17.4. The van der Waals surface area contributed by atoms with Gasteiger partial charge in [-0.2, -0.15) is 11.3 Å². The number of ether oxygens (including phenoxy) is 3. The number of guanidine groups is 1. The van der Waals surface area contributed by atoms with Gasteiger partial charge in [0.1, 0.15) is 22.8 Å². The van der Waals surface area contributed by atoms with E-state index in [1.807, 2.05) is 23.8 Å². The summed E-state index contributed by atoms with van der Waals surface area (Å²) in [6, 6.07) is 5.52. The van der Waals surface area contributed by atoms with Crippen LogP contribution in [0, 0.1) is 0 Å². The fraction of sp³-hybridized carbons (Fsp3) is 0.450. The number of nitrogens with one attached hydrogen (secondary N) is 2. The first-order chi connectivity index (χ1) is 13.4. The summed E-state index contributed by atoms with van der Waals surface area (Å²) in [6.45, 7) is 5.13. The van der Waals surface area contributed by atoms with Crippen molar-refractivity contribution in [1.29, 1.82) is 0 Å². The predicted octanol–water partition coefficient (Wildman–Crippen LogP) is 3.35. The minimum absolute atomic E-state index is 0. The summed E-state index contributed by atoms with van der Waals surface area (Å²) >= 11 is 1.56. The van der Waals surface area contributed by atoms with E-state index in [9.17, 15) is 5.11 Å². The van der Waals surface area contributed by atoms with Gasteiger partial charge in [-0.1, -0.05) is 0 Å². The lowest BCUT2D eigenvalue weighted by molar-refractivity contribution is 0.0621. The normalized spacial score (nSPS) is 13.1. The number of hydrogen-bond acceptors (Lipinski definition) is 6. The van der Waals surface area contributed by atoms with Gasteiger partial charge in [0.2, 0.25) is 0 Å². The molecule has 1 aromatic heterocycles. The number of halogens is 1. The first-order valence-corrected chi connectivity index (χ1v) is 9.95. The molecule has 1 atom stereocenters. The SMILES string of the molecule is CCNC(=NCc1c(OC)cc(OC)cc1OC)NCC(C)(O)c1ccsc1.I. The fourth-order valence-corrected chi connectivity index (χ4v) is 3.45. The molecule has 0 amide bonds. The van der Waals surface area contributed by atoms with Crippen LogP contribution in [0.15, 0.2) is 34.0 Å². The molecule has 1 unspecified atom stereocenters. The lowest BCUT2D eigenvalue weighted by Crippen LogP contribution is -2.44. The zero-order valence-corrected chi connectivity index (χ0v) is 20.6. The molecule has 7 nitrogen and oxygen atoms in total. The van der Waals surface area contributed by atoms with E-state index in [1.54, 1.807) is 51.7 Å². The van der Waals surface area contributed by atoms with E-state index in [0.717, 1.165) is 11.1 Å². The number of rotatable bonds is 9. The van der Waals surface area contributed by atoms with Crippen LogP contribution in [-0.4, -0.2) is 45.5 Å². The Hall–Kier alpha value is -1.72. The Morgan fingerprint density at radius 2 is 1.79 bits per heavy atom. The highest BCUT2D eigenvalue weighted by Gasteiger charge is 2.23. The summed E-state index contributed by atoms with van der Waals surface area (Å²) in [6.07, 6.45) is 0. The summed E-state index contributed by atoms with van der Waals surface area (Å²) in [7, 11) is 4.80. The van der Waals surface area contributed by atoms with Crippen LogP contribution in [0.1, 0.15) is 25.0 Å². The third-order valence-corrected chi connectivity index (χ3v) is 4.98. The van der Waals surface area contributed by atoms with Crippen LogP contribution in [0.3, 0.4) is 0 Å². The van der Waals surface area contributed by atoms with Crippen LogP contribution >= 0.6 is 35.3 Å². The van der Waals surface area contributed by atoms with Crippen molar-refractivity contribution >= 4 is 41.3 Å². The van der Waals surface area contributed by atoms with Crippen molar-refractivity contribution in [3.63, 3.8) is 0 Å². The van der Waals surface area contributed by atoms with E-state index in [4.69, 9.17) is 14.2 Å². The lowest BCUT2D eigenvalue weighted by atomic mass is 9.99. The van der Waals surface area contributed by atoms with Gasteiger partial charge in [0.25, 0.3) is 0 Å². The second-order valence-corrected chi connectivity index (χ2v) is 7.13. The maximum absolute atomic E-state index is 10.7. The molecule has 0 spiro atoms. The van der Waals surface area contributed by atoms with Crippen molar-refractivity contribution in [2.24, 2.45) is 4.99 Å². The molecule has 29 heavy (non-hydrogen) atoms. The molecule has 1 heterocycles. The van der Waals surface area contributed by atoms with Gasteiger partial charge in [0.05, 0.1) is 40.0 Å². The van der Waals surface area contributed by atoms with Crippen molar-refractivity contribution in [2.75, 3.05) is 34.4 Å². The zero-order chi connectivity index (χ0) is 20.6. The molecule has 0 aliphatic heterocycles. The molecule has 0 saturated heterocycles. The predicted molar refractivity (Wildman–Crippen MR) is 128 cm³/mol. The quantitative estimate of drug-likeness (QED) is 0.260. The van der Waals surface area contributed by atoms with Gasteiger partial charge in [0, 0.05) is 18.7 Å². The average molecular weight is 535 g/mol. The Morgan fingerprint density at radius 3 is 2.28 bits per heavy atom. The highest BCUT2D eigenvalue weighted by atomic mass is 127. The number of hydrogen-bond donors (Lipinski definition) is 3. The van der Waals surface area contributed by atoms with Crippen LogP contribution in [0.25, 0.3) is 0 Å². The largest absolute Gasteiger partial charge is 0.496 e. The number of aliphatic imine (C=N–C) groups is 1.